The van der Waals surface area contributed by atoms with Crippen LogP contribution in [-0.4, -0.2) is 45.6 Å². The van der Waals surface area contributed by atoms with Gasteiger partial charge in [-0.1, -0.05) is 330 Å². The zero-order chi connectivity index (χ0) is 57.0. The van der Waals surface area contributed by atoms with E-state index in [9.17, 15) is 4.79 Å². The summed E-state index contributed by atoms with van der Waals surface area (Å²) in [5, 5.41) is 0. The Bertz CT molecular complexity index is 1380. The SMILES string of the molecule is CCCCCCCCCCCCOc1c(C=CC(=O)OCCC)c(OCCCCCCCCCCCC)c(OCCCCCCCCCCCC)c(OCCCCCCCCCCCC)c1OCCCCCCCCCCCC. The summed E-state index contributed by atoms with van der Waals surface area (Å²) in [6.45, 7) is 16.6. The first-order valence-electron chi connectivity index (χ1n) is 35.3. The molecular formula is C72H134O7. The zero-order valence-corrected chi connectivity index (χ0v) is 53.8. The molecule has 0 spiro atoms. The fourth-order valence-electron chi connectivity index (χ4n) is 10.7. The zero-order valence-electron chi connectivity index (χ0n) is 53.8. The highest BCUT2D eigenvalue weighted by molar-refractivity contribution is 5.90. The molecule has 0 aromatic heterocycles. The first-order valence-corrected chi connectivity index (χ1v) is 35.3. The van der Waals surface area contributed by atoms with Crippen LogP contribution in [0.2, 0.25) is 0 Å². The summed E-state index contributed by atoms with van der Waals surface area (Å²) >= 11 is 0. The summed E-state index contributed by atoms with van der Waals surface area (Å²) in [4.78, 5) is 13.4. The van der Waals surface area contributed by atoms with Gasteiger partial charge in [-0.15, -0.1) is 0 Å². The second-order valence-electron chi connectivity index (χ2n) is 23.7. The predicted molar refractivity (Wildman–Crippen MR) is 343 cm³/mol. The number of rotatable bonds is 64. The Morgan fingerprint density at radius 3 is 0.646 bits per heavy atom. The third-order valence-electron chi connectivity index (χ3n) is 15.9. The molecule has 1 aromatic carbocycles. The van der Waals surface area contributed by atoms with Crippen molar-refractivity contribution in [2.75, 3.05) is 39.6 Å². The van der Waals surface area contributed by atoms with Gasteiger partial charge >= 0.3 is 5.97 Å². The van der Waals surface area contributed by atoms with Crippen LogP contribution in [0.25, 0.3) is 6.08 Å². The minimum Gasteiger partial charge on any atom is -0.489 e. The average Bonchev–Trinajstić information content (AvgIpc) is 3.51. The molecule has 1 rings (SSSR count). The van der Waals surface area contributed by atoms with Crippen LogP contribution in [0.3, 0.4) is 0 Å². The van der Waals surface area contributed by atoms with E-state index in [1.165, 1.54) is 257 Å². The van der Waals surface area contributed by atoms with Crippen LogP contribution in [0.1, 0.15) is 375 Å². The van der Waals surface area contributed by atoms with Crippen molar-refractivity contribution in [2.45, 2.75) is 369 Å². The summed E-state index contributed by atoms with van der Waals surface area (Å²) in [6.07, 6.45) is 67.1. The lowest BCUT2D eigenvalue weighted by atomic mass is 10.1. The number of hydrogen-bond donors (Lipinski definition) is 0. The fourth-order valence-corrected chi connectivity index (χ4v) is 10.7. The quantitative estimate of drug-likeness (QED) is 0.0366. The Balaban J connectivity index is 3.72. The van der Waals surface area contributed by atoms with Crippen molar-refractivity contribution in [2.24, 2.45) is 0 Å². The normalized spacial score (nSPS) is 11.5. The first-order chi connectivity index (χ1) is 39.1. The van der Waals surface area contributed by atoms with Crippen molar-refractivity contribution >= 4 is 12.0 Å². The fraction of sp³-hybridized carbons (Fsp3) is 0.875. The van der Waals surface area contributed by atoms with Gasteiger partial charge in [0.05, 0.1) is 45.2 Å². The molecule has 0 unspecified atom stereocenters. The molecule has 0 N–H and O–H groups in total. The van der Waals surface area contributed by atoms with E-state index in [-0.39, 0.29) is 5.97 Å². The molecule has 79 heavy (non-hydrogen) atoms. The van der Waals surface area contributed by atoms with Crippen LogP contribution >= 0.6 is 0 Å². The Kier molecular flexibility index (Phi) is 56.6. The van der Waals surface area contributed by atoms with Gasteiger partial charge in [0.2, 0.25) is 17.2 Å². The summed E-state index contributed by atoms with van der Waals surface area (Å²) in [7, 11) is 0. The van der Waals surface area contributed by atoms with Crippen LogP contribution in [-0.2, 0) is 9.53 Å². The van der Waals surface area contributed by atoms with Crippen molar-refractivity contribution in [3.63, 3.8) is 0 Å². The standard InChI is InChI=1S/C72H134O7/c1-7-13-18-23-28-33-38-43-48-53-61-75-68-66(58-59-67(73)74-60-12-6)69(76-62-54-49-44-39-34-29-24-19-14-8-2)71(78-64-56-51-46-41-36-31-26-21-16-10-4)72(79-65-57-52-47-42-37-32-27-22-17-11-5)70(68)77-63-55-50-45-40-35-30-25-20-15-9-3/h58-59H,7-57,60-65H2,1-6H3. The third kappa shape index (κ3) is 44.7. The number of hydrogen-bond acceptors (Lipinski definition) is 7. The summed E-state index contributed by atoms with van der Waals surface area (Å²) in [6, 6.07) is 0. The molecule has 7 nitrogen and oxygen atoms in total. The number of ether oxygens (including phenoxy) is 6. The van der Waals surface area contributed by atoms with Crippen LogP contribution in [0.15, 0.2) is 6.08 Å². The summed E-state index contributed by atoms with van der Waals surface area (Å²) < 4.78 is 40.8. The molecule has 0 aliphatic rings. The maximum absolute atomic E-state index is 13.4. The van der Waals surface area contributed by atoms with E-state index in [4.69, 9.17) is 28.4 Å². The molecule has 0 heterocycles. The van der Waals surface area contributed by atoms with Gasteiger partial charge in [-0.25, -0.2) is 4.79 Å². The van der Waals surface area contributed by atoms with E-state index in [2.05, 4.69) is 34.6 Å². The highest BCUT2D eigenvalue weighted by Gasteiger charge is 2.30. The number of esters is 1. The molecule has 0 saturated heterocycles. The van der Waals surface area contributed by atoms with Crippen LogP contribution in [0.4, 0.5) is 0 Å². The second-order valence-corrected chi connectivity index (χ2v) is 23.7. The molecule has 0 bridgehead atoms. The van der Waals surface area contributed by atoms with Crippen LogP contribution in [0.5, 0.6) is 28.7 Å². The van der Waals surface area contributed by atoms with Crippen molar-refractivity contribution in [1.29, 1.82) is 0 Å². The third-order valence-corrected chi connectivity index (χ3v) is 15.9. The van der Waals surface area contributed by atoms with Gasteiger partial charge in [-0.05, 0) is 44.6 Å². The smallest absolute Gasteiger partial charge is 0.330 e. The van der Waals surface area contributed by atoms with E-state index in [1.54, 1.807) is 6.08 Å². The molecule has 0 radical (unpaired) electrons. The van der Waals surface area contributed by atoms with Gasteiger partial charge in [0, 0.05) is 6.08 Å². The van der Waals surface area contributed by atoms with Crippen molar-refractivity contribution in [3.8, 4) is 28.7 Å². The van der Waals surface area contributed by atoms with Crippen LogP contribution in [0, 0.1) is 0 Å². The molecule has 0 aliphatic heterocycles. The van der Waals surface area contributed by atoms with Gasteiger partial charge in [0.15, 0.2) is 11.5 Å². The largest absolute Gasteiger partial charge is 0.489 e. The van der Waals surface area contributed by atoms with Gasteiger partial charge in [0.1, 0.15) is 0 Å². The summed E-state index contributed by atoms with van der Waals surface area (Å²) in [5.74, 6) is 2.64. The molecule has 0 atom stereocenters. The number of carbonyl (C=O) groups is 1. The Labute approximate surface area is 492 Å². The second kappa shape index (κ2) is 60.0. The highest BCUT2D eigenvalue weighted by Crippen LogP contribution is 2.55. The Morgan fingerprint density at radius 2 is 0.430 bits per heavy atom. The molecule has 0 aliphatic carbocycles. The minimum absolute atomic E-state index is 0.370. The molecular weight excluding hydrogens is 977 g/mol. The number of unbranched alkanes of at least 4 members (excludes halogenated alkanes) is 45. The van der Waals surface area contributed by atoms with Crippen molar-refractivity contribution in [3.05, 3.63) is 11.6 Å². The van der Waals surface area contributed by atoms with Gasteiger partial charge in [0.25, 0.3) is 0 Å². The van der Waals surface area contributed by atoms with Gasteiger partial charge in [-0.3, -0.25) is 0 Å². The molecule has 464 valence electrons. The van der Waals surface area contributed by atoms with E-state index in [1.807, 2.05) is 13.0 Å². The lowest BCUT2D eigenvalue weighted by Crippen LogP contribution is -2.12. The topological polar surface area (TPSA) is 72.5 Å². The Morgan fingerprint density at radius 1 is 0.241 bits per heavy atom. The van der Waals surface area contributed by atoms with Crippen molar-refractivity contribution < 1.29 is 33.2 Å². The lowest BCUT2D eigenvalue weighted by Gasteiger charge is -2.25. The molecule has 1 aromatic rings. The van der Waals surface area contributed by atoms with Gasteiger partial charge < -0.3 is 28.4 Å². The van der Waals surface area contributed by atoms with E-state index < -0.39 is 0 Å². The molecule has 0 fully saturated rings. The van der Waals surface area contributed by atoms with Crippen molar-refractivity contribution in [1.82, 2.24) is 0 Å². The summed E-state index contributed by atoms with van der Waals surface area (Å²) in [5.41, 5.74) is 0.690. The molecule has 7 heteroatoms. The maximum Gasteiger partial charge on any atom is 0.330 e. The maximum atomic E-state index is 13.4. The minimum atomic E-state index is -0.370. The predicted octanol–water partition coefficient (Wildman–Crippen LogP) is 24.2. The molecule has 0 amide bonds. The van der Waals surface area contributed by atoms with E-state index in [0.717, 1.165) is 70.6 Å². The van der Waals surface area contributed by atoms with Crippen LogP contribution < -0.4 is 23.7 Å². The Hall–Kier alpha value is -2.57. The first kappa shape index (κ1) is 74.4. The highest BCUT2D eigenvalue weighted by atomic mass is 16.6. The molecule has 0 saturated carbocycles. The average molecular weight is 1110 g/mol. The monoisotopic (exact) mass is 1110 g/mol. The van der Waals surface area contributed by atoms with Gasteiger partial charge in [-0.2, -0.15) is 0 Å². The van der Waals surface area contributed by atoms with E-state index >= 15 is 0 Å². The number of benzene rings is 1. The van der Waals surface area contributed by atoms with E-state index in [0.29, 0.717) is 74.0 Å². The lowest BCUT2D eigenvalue weighted by molar-refractivity contribution is -0.137. The number of carbonyl (C=O) groups excluding carboxylic acids is 1.